The topological polar surface area (TPSA) is 23.8 Å². The van der Waals surface area contributed by atoms with Crippen molar-refractivity contribution >= 4 is 22.6 Å². The minimum absolute atomic E-state index is 0.394. The van der Waals surface area contributed by atoms with Crippen molar-refractivity contribution in [2.75, 3.05) is 0 Å². The van der Waals surface area contributed by atoms with Crippen molar-refractivity contribution in [2.45, 2.75) is 10.3 Å². The Balaban J connectivity index is 2.31. The van der Waals surface area contributed by atoms with E-state index >= 15 is 0 Å². The zero-order chi connectivity index (χ0) is 4.57. The molecular formula is C4H4IN. The highest BCUT2D eigenvalue weighted by molar-refractivity contribution is 14.1. The number of hydrogen-bond donors (Lipinski definition) is 0. The van der Waals surface area contributed by atoms with Crippen LogP contribution in [0.5, 0.6) is 0 Å². The molecule has 0 spiro atoms. The van der Waals surface area contributed by atoms with Crippen molar-refractivity contribution in [2.24, 2.45) is 5.92 Å². The van der Waals surface area contributed by atoms with Crippen LogP contribution >= 0.6 is 22.6 Å². The average molecular weight is 193 g/mol. The first-order valence-electron chi connectivity index (χ1n) is 1.88. The molecule has 0 aromatic heterocycles. The highest BCUT2D eigenvalue weighted by atomic mass is 127. The molecule has 0 aromatic rings. The number of halogens is 1. The lowest BCUT2D eigenvalue weighted by atomic mass is 10.5. The van der Waals surface area contributed by atoms with Crippen LogP contribution in [0.25, 0.3) is 0 Å². The van der Waals surface area contributed by atoms with E-state index in [1.165, 1.54) is 0 Å². The van der Waals surface area contributed by atoms with Gasteiger partial charge in [0.25, 0.3) is 0 Å². The predicted molar refractivity (Wildman–Crippen MR) is 31.5 cm³/mol. The second-order valence-corrected chi connectivity index (χ2v) is 3.09. The van der Waals surface area contributed by atoms with Gasteiger partial charge in [0, 0.05) is 3.92 Å². The van der Waals surface area contributed by atoms with Gasteiger partial charge in [0.15, 0.2) is 0 Å². The minimum Gasteiger partial charge on any atom is -0.198 e. The molecule has 2 heteroatoms. The fourth-order valence-corrected chi connectivity index (χ4v) is 1.01. The molecule has 0 aromatic carbocycles. The van der Waals surface area contributed by atoms with Crippen LogP contribution in [0.4, 0.5) is 0 Å². The molecule has 0 radical (unpaired) electrons. The molecule has 1 nitrogen and oxygen atoms in total. The maximum Gasteiger partial charge on any atom is 0.0667 e. The molecule has 2 unspecified atom stereocenters. The molecular weight excluding hydrogens is 189 g/mol. The molecule has 32 valence electrons. The molecule has 6 heavy (non-hydrogen) atoms. The molecule has 0 aliphatic heterocycles. The number of hydrogen-bond acceptors (Lipinski definition) is 1. The lowest BCUT2D eigenvalue weighted by Gasteiger charge is -1.62. The van der Waals surface area contributed by atoms with E-state index < -0.39 is 0 Å². The Kier molecular flexibility index (Phi) is 1.00. The summed E-state index contributed by atoms with van der Waals surface area (Å²) in [4.78, 5) is 0. The fraction of sp³-hybridized carbons (Fsp3) is 0.750. The van der Waals surface area contributed by atoms with Crippen molar-refractivity contribution < 1.29 is 0 Å². The van der Waals surface area contributed by atoms with Crippen LogP contribution in [-0.2, 0) is 0 Å². The summed E-state index contributed by atoms with van der Waals surface area (Å²) in [6.45, 7) is 0. The summed E-state index contributed by atoms with van der Waals surface area (Å²) in [6, 6.07) is 2.18. The van der Waals surface area contributed by atoms with E-state index in [0.29, 0.717) is 9.84 Å². The Morgan fingerprint density at radius 2 is 2.33 bits per heavy atom. The molecule has 1 aliphatic rings. The summed E-state index contributed by atoms with van der Waals surface area (Å²) in [5.41, 5.74) is 0. The second-order valence-electron chi connectivity index (χ2n) is 1.49. The Morgan fingerprint density at radius 3 is 2.33 bits per heavy atom. The zero-order valence-electron chi connectivity index (χ0n) is 3.19. The van der Waals surface area contributed by atoms with Gasteiger partial charge in [0.2, 0.25) is 0 Å². The molecule has 1 fully saturated rings. The maximum atomic E-state index is 8.12. The predicted octanol–water partition coefficient (Wildman–Crippen LogP) is 1.33. The summed E-state index contributed by atoms with van der Waals surface area (Å²) in [5.74, 6) is 0.394. The summed E-state index contributed by atoms with van der Waals surface area (Å²) in [6.07, 6.45) is 1.12. The van der Waals surface area contributed by atoms with Crippen LogP contribution in [0.2, 0.25) is 0 Å². The van der Waals surface area contributed by atoms with Gasteiger partial charge in [-0.1, -0.05) is 22.6 Å². The smallest absolute Gasteiger partial charge is 0.0667 e. The third-order valence-corrected chi connectivity index (χ3v) is 2.26. The molecule has 0 N–H and O–H groups in total. The van der Waals surface area contributed by atoms with Crippen LogP contribution in [0.15, 0.2) is 0 Å². The normalized spacial score (nSPS) is 41.3. The zero-order valence-corrected chi connectivity index (χ0v) is 5.34. The van der Waals surface area contributed by atoms with Gasteiger partial charge < -0.3 is 0 Å². The highest BCUT2D eigenvalue weighted by Gasteiger charge is 2.34. The van der Waals surface area contributed by atoms with Gasteiger partial charge in [-0.05, 0) is 6.42 Å². The van der Waals surface area contributed by atoms with Crippen molar-refractivity contribution in [1.82, 2.24) is 0 Å². The highest BCUT2D eigenvalue weighted by Crippen LogP contribution is 2.36. The molecule has 1 aliphatic carbocycles. The summed E-state index contributed by atoms with van der Waals surface area (Å²) in [5, 5.41) is 8.12. The number of rotatable bonds is 0. The van der Waals surface area contributed by atoms with E-state index in [2.05, 4.69) is 28.7 Å². The van der Waals surface area contributed by atoms with E-state index in [1.807, 2.05) is 0 Å². The van der Waals surface area contributed by atoms with Crippen molar-refractivity contribution in [1.29, 1.82) is 5.26 Å². The summed E-state index contributed by atoms with van der Waals surface area (Å²) < 4.78 is 0.674. The Hall–Kier alpha value is 0.220. The monoisotopic (exact) mass is 193 g/mol. The first-order chi connectivity index (χ1) is 2.84. The van der Waals surface area contributed by atoms with Gasteiger partial charge in [-0.15, -0.1) is 0 Å². The van der Waals surface area contributed by atoms with Gasteiger partial charge in [0.1, 0.15) is 0 Å². The van der Waals surface area contributed by atoms with E-state index in [-0.39, 0.29) is 0 Å². The molecule has 2 atom stereocenters. The number of nitrogens with zero attached hydrogens (tertiary/aromatic N) is 1. The van der Waals surface area contributed by atoms with Gasteiger partial charge in [-0.3, -0.25) is 0 Å². The maximum absolute atomic E-state index is 8.12. The van der Waals surface area contributed by atoms with Gasteiger partial charge in [-0.2, -0.15) is 5.26 Å². The van der Waals surface area contributed by atoms with Gasteiger partial charge in [-0.25, -0.2) is 0 Å². The molecule has 0 heterocycles. The molecule has 0 amide bonds. The van der Waals surface area contributed by atoms with Crippen molar-refractivity contribution in [3.8, 4) is 6.07 Å². The third-order valence-electron chi connectivity index (χ3n) is 0.878. The number of nitriles is 1. The first kappa shape index (κ1) is 4.38. The van der Waals surface area contributed by atoms with Crippen LogP contribution < -0.4 is 0 Å². The lowest BCUT2D eigenvalue weighted by molar-refractivity contribution is 1.15. The Morgan fingerprint density at radius 1 is 1.83 bits per heavy atom. The van der Waals surface area contributed by atoms with Crippen molar-refractivity contribution in [3.63, 3.8) is 0 Å². The SMILES string of the molecule is N#CC1CC1I. The quantitative estimate of drug-likeness (QED) is 0.420. The number of alkyl halides is 1. The molecule has 1 saturated carbocycles. The van der Waals surface area contributed by atoms with Crippen LogP contribution in [0, 0.1) is 17.2 Å². The van der Waals surface area contributed by atoms with E-state index in [9.17, 15) is 0 Å². The largest absolute Gasteiger partial charge is 0.198 e. The van der Waals surface area contributed by atoms with Crippen LogP contribution in [0.1, 0.15) is 6.42 Å². The first-order valence-corrected chi connectivity index (χ1v) is 3.13. The van der Waals surface area contributed by atoms with Crippen LogP contribution in [0.3, 0.4) is 0 Å². The fourth-order valence-electron chi connectivity index (χ4n) is 0.298. The molecule has 0 bridgehead atoms. The Labute approximate surface area is 50.5 Å². The van der Waals surface area contributed by atoms with E-state index in [4.69, 9.17) is 5.26 Å². The van der Waals surface area contributed by atoms with E-state index in [1.54, 1.807) is 0 Å². The Bertz CT molecular complexity index is 94.2. The van der Waals surface area contributed by atoms with Crippen LogP contribution in [-0.4, -0.2) is 3.92 Å². The van der Waals surface area contributed by atoms with Gasteiger partial charge >= 0.3 is 0 Å². The second kappa shape index (κ2) is 1.38. The summed E-state index contributed by atoms with van der Waals surface area (Å²) >= 11 is 2.29. The van der Waals surface area contributed by atoms with Gasteiger partial charge in [0.05, 0.1) is 12.0 Å². The molecule has 0 saturated heterocycles. The summed E-state index contributed by atoms with van der Waals surface area (Å²) in [7, 11) is 0. The third kappa shape index (κ3) is 0.648. The molecule has 1 rings (SSSR count). The lowest BCUT2D eigenvalue weighted by Crippen LogP contribution is -1.65. The standard InChI is InChI=1S/C4H4IN/c5-4-1-3(4)2-6/h3-4H,1H2. The van der Waals surface area contributed by atoms with E-state index in [0.717, 1.165) is 6.42 Å². The average Bonchev–Trinajstić information content (AvgIpc) is 2.19. The minimum atomic E-state index is 0.394. The van der Waals surface area contributed by atoms with Crippen molar-refractivity contribution in [3.05, 3.63) is 0 Å².